The van der Waals surface area contributed by atoms with Crippen LogP contribution in [0.3, 0.4) is 0 Å². The number of nitriles is 1. The van der Waals surface area contributed by atoms with Crippen LogP contribution in [-0.4, -0.2) is 5.75 Å². The van der Waals surface area contributed by atoms with Crippen molar-refractivity contribution in [3.05, 3.63) is 22.7 Å². The van der Waals surface area contributed by atoms with Crippen LogP contribution in [0.2, 0.25) is 0 Å². The molecule has 0 bridgehead atoms. The first-order chi connectivity index (χ1) is 8.44. The Hall–Kier alpha value is -0.660. The summed E-state index contributed by atoms with van der Waals surface area (Å²) in [5.74, 6) is 1.07. The van der Waals surface area contributed by atoms with Crippen LogP contribution >= 0.6 is 27.7 Å². The normalized spacial score (nSPS) is 11.2. The third-order valence-corrected chi connectivity index (χ3v) is 4.79. The highest BCUT2D eigenvalue weighted by Gasteiger charge is 2.15. The third-order valence-electron chi connectivity index (χ3n) is 2.71. The molecule has 0 aliphatic heterocycles. The number of unbranched alkanes of at least 4 members (excludes halogenated alkanes) is 1. The van der Waals surface area contributed by atoms with Gasteiger partial charge in [0.2, 0.25) is 0 Å². The SMILES string of the molecule is CC(C)(C#N)CCCCSc1ccc(N)cc1Br. The van der Waals surface area contributed by atoms with Crippen LogP contribution < -0.4 is 5.73 Å². The van der Waals surface area contributed by atoms with E-state index >= 15 is 0 Å². The molecule has 0 fully saturated rings. The van der Waals surface area contributed by atoms with E-state index in [2.05, 4.69) is 22.0 Å². The Bertz CT molecular complexity index is 438. The van der Waals surface area contributed by atoms with Crippen molar-refractivity contribution in [3.63, 3.8) is 0 Å². The lowest BCUT2D eigenvalue weighted by atomic mass is 9.89. The zero-order valence-electron chi connectivity index (χ0n) is 10.9. The van der Waals surface area contributed by atoms with Crippen LogP contribution in [0.4, 0.5) is 5.69 Å². The highest BCUT2D eigenvalue weighted by atomic mass is 79.9. The van der Waals surface area contributed by atoms with Gasteiger partial charge >= 0.3 is 0 Å². The smallest absolute Gasteiger partial charge is 0.0683 e. The lowest BCUT2D eigenvalue weighted by molar-refractivity contribution is 0.433. The average molecular weight is 327 g/mol. The maximum Gasteiger partial charge on any atom is 0.0683 e. The molecule has 0 saturated carbocycles. The molecule has 18 heavy (non-hydrogen) atoms. The zero-order valence-corrected chi connectivity index (χ0v) is 13.3. The lowest BCUT2D eigenvalue weighted by Crippen LogP contribution is -2.07. The molecule has 0 saturated heterocycles. The lowest BCUT2D eigenvalue weighted by Gasteiger charge is -2.14. The highest BCUT2D eigenvalue weighted by molar-refractivity contribution is 9.10. The molecule has 1 aromatic carbocycles. The van der Waals surface area contributed by atoms with E-state index in [1.807, 2.05) is 43.8 Å². The van der Waals surface area contributed by atoms with Gasteiger partial charge < -0.3 is 5.73 Å². The van der Waals surface area contributed by atoms with Gasteiger partial charge in [-0.3, -0.25) is 0 Å². The minimum Gasteiger partial charge on any atom is -0.399 e. The van der Waals surface area contributed by atoms with Crippen LogP contribution in [0.1, 0.15) is 33.1 Å². The van der Waals surface area contributed by atoms with Crippen molar-refractivity contribution < 1.29 is 0 Å². The maximum atomic E-state index is 8.92. The summed E-state index contributed by atoms with van der Waals surface area (Å²) >= 11 is 5.34. The second kappa shape index (κ2) is 7.06. The van der Waals surface area contributed by atoms with E-state index in [1.54, 1.807) is 0 Å². The molecule has 0 radical (unpaired) electrons. The van der Waals surface area contributed by atoms with Crippen molar-refractivity contribution in [3.8, 4) is 6.07 Å². The summed E-state index contributed by atoms with van der Waals surface area (Å²) in [6.07, 6.45) is 3.19. The standard InChI is InChI=1S/C14H19BrN2S/c1-14(2,10-16)7-3-4-8-18-13-6-5-11(17)9-12(13)15/h5-6,9H,3-4,7-8,17H2,1-2H3. The van der Waals surface area contributed by atoms with E-state index in [0.717, 1.165) is 35.2 Å². The Morgan fingerprint density at radius 1 is 1.39 bits per heavy atom. The molecule has 1 rings (SSSR count). The minimum atomic E-state index is -0.188. The minimum absolute atomic E-state index is 0.188. The van der Waals surface area contributed by atoms with Gasteiger partial charge in [0, 0.05) is 15.1 Å². The number of anilines is 1. The molecular formula is C14H19BrN2S. The fourth-order valence-corrected chi connectivity index (χ4v) is 3.21. The van der Waals surface area contributed by atoms with Crippen LogP contribution in [0.15, 0.2) is 27.6 Å². The number of rotatable bonds is 6. The number of nitrogen functional groups attached to an aromatic ring is 1. The Labute approximate surface area is 122 Å². The molecule has 0 spiro atoms. The molecule has 2 nitrogen and oxygen atoms in total. The number of thioether (sulfide) groups is 1. The summed E-state index contributed by atoms with van der Waals surface area (Å²) in [6, 6.07) is 8.24. The summed E-state index contributed by atoms with van der Waals surface area (Å²) in [5.41, 5.74) is 6.29. The summed E-state index contributed by atoms with van der Waals surface area (Å²) in [4.78, 5) is 1.23. The van der Waals surface area contributed by atoms with Crippen molar-refractivity contribution in [2.24, 2.45) is 5.41 Å². The van der Waals surface area contributed by atoms with E-state index in [0.29, 0.717) is 0 Å². The predicted octanol–water partition coefficient (Wildman–Crippen LogP) is 4.84. The Morgan fingerprint density at radius 2 is 2.11 bits per heavy atom. The first-order valence-electron chi connectivity index (χ1n) is 6.04. The van der Waals surface area contributed by atoms with Crippen LogP contribution in [0.25, 0.3) is 0 Å². The summed E-state index contributed by atoms with van der Waals surface area (Å²) in [5, 5.41) is 8.92. The second-order valence-corrected chi connectivity index (χ2v) is 6.98. The fourth-order valence-electron chi connectivity index (χ4n) is 1.54. The number of nitrogens with two attached hydrogens (primary N) is 1. The largest absolute Gasteiger partial charge is 0.399 e. The van der Waals surface area contributed by atoms with Gasteiger partial charge in [-0.05, 0) is 66.6 Å². The maximum absolute atomic E-state index is 8.92. The molecule has 4 heteroatoms. The van der Waals surface area contributed by atoms with Crippen LogP contribution in [0, 0.1) is 16.7 Å². The monoisotopic (exact) mass is 326 g/mol. The molecule has 0 aromatic heterocycles. The van der Waals surface area contributed by atoms with E-state index in [9.17, 15) is 0 Å². The Balaban J connectivity index is 2.29. The van der Waals surface area contributed by atoms with Gasteiger partial charge in [-0.15, -0.1) is 11.8 Å². The van der Waals surface area contributed by atoms with Gasteiger partial charge in [0.05, 0.1) is 11.5 Å². The summed E-state index contributed by atoms with van der Waals surface area (Å²) < 4.78 is 1.06. The molecule has 0 amide bonds. The quantitative estimate of drug-likeness (QED) is 0.462. The third kappa shape index (κ3) is 5.32. The molecule has 0 heterocycles. The molecule has 0 aliphatic carbocycles. The van der Waals surface area contributed by atoms with Gasteiger partial charge in [0.25, 0.3) is 0 Å². The van der Waals surface area contributed by atoms with Crippen molar-refractivity contribution in [2.45, 2.75) is 38.0 Å². The first kappa shape index (κ1) is 15.4. The van der Waals surface area contributed by atoms with Gasteiger partial charge in [-0.25, -0.2) is 0 Å². The molecule has 1 aromatic rings. The number of halogens is 1. The van der Waals surface area contributed by atoms with Gasteiger partial charge in [0.15, 0.2) is 0 Å². The van der Waals surface area contributed by atoms with Crippen LogP contribution in [-0.2, 0) is 0 Å². The molecular weight excluding hydrogens is 308 g/mol. The molecule has 98 valence electrons. The number of nitrogens with zero attached hydrogens (tertiary/aromatic N) is 1. The van der Waals surface area contributed by atoms with Gasteiger partial charge in [0.1, 0.15) is 0 Å². The van der Waals surface area contributed by atoms with E-state index in [-0.39, 0.29) is 5.41 Å². The zero-order chi connectivity index (χ0) is 13.6. The summed E-state index contributed by atoms with van der Waals surface area (Å²) in [7, 11) is 0. The summed E-state index contributed by atoms with van der Waals surface area (Å²) in [6.45, 7) is 3.99. The number of hydrogen-bond donors (Lipinski definition) is 1. The fraction of sp³-hybridized carbons (Fsp3) is 0.500. The Kier molecular flexibility index (Phi) is 6.04. The highest BCUT2D eigenvalue weighted by Crippen LogP contribution is 2.30. The van der Waals surface area contributed by atoms with E-state index in [4.69, 9.17) is 11.0 Å². The van der Waals surface area contributed by atoms with Crippen molar-refractivity contribution in [1.29, 1.82) is 5.26 Å². The van der Waals surface area contributed by atoms with Gasteiger partial charge in [-0.2, -0.15) is 5.26 Å². The van der Waals surface area contributed by atoms with Crippen molar-refractivity contribution in [2.75, 3.05) is 11.5 Å². The number of benzene rings is 1. The molecule has 0 aliphatic rings. The molecule has 0 unspecified atom stereocenters. The van der Waals surface area contributed by atoms with Crippen molar-refractivity contribution >= 4 is 33.4 Å². The topological polar surface area (TPSA) is 49.8 Å². The number of hydrogen-bond acceptors (Lipinski definition) is 3. The Morgan fingerprint density at radius 3 is 2.72 bits per heavy atom. The molecule has 0 atom stereocenters. The van der Waals surface area contributed by atoms with Gasteiger partial charge in [-0.1, -0.05) is 6.42 Å². The van der Waals surface area contributed by atoms with Crippen molar-refractivity contribution in [1.82, 2.24) is 0 Å². The second-order valence-electron chi connectivity index (χ2n) is 4.99. The average Bonchev–Trinajstić information content (AvgIpc) is 2.31. The van der Waals surface area contributed by atoms with E-state index in [1.165, 1.54) is 4.90 Å². The van der Waals surface area contributed by atoms with E-state index < -0.39 is 0 Å². The predicted molar refractivity (Wildman–Crippen MR) is 82.5 cm³/mol. The first-order valence-corrected chi connectivity index (χ1v) is 7.81. The molecule has 2 N–H and O–H groups in total. The van der Waals surface area contributed by atoms with Crippen LogP contribution in [0.5, 0.6) is 0 Å².